The Bertz CT molecular complexity index is 1050. The van der Waals surface area contributed by atoms with Gasteiger partial charge in [-0.2, -0.15) is 0 Å². The molecule has 1 amide bonds. The van der Waals surface area contributed by atoms with Gasteiger partial charge in [0.15, 0.2) is 5.54 Å². The van der Waals surface area contributed by atoms with Gasteiger partial charge in [-0.3, -0.25) is 10.1 Å². The quantitative estimate of drug-likeness (QED) is 0.636. The molecule has 0 radical (unpaired) electrons. The number of anilines is 1. The summed E-state index contributed by atoms with van der Waals surface area (Å²) in [5, 5.41) is 4.80. The van der Waals surface area contributed by atoms with Crippen LogP contribution in [-0.2, 0) is 16.8 Å². The lowest BCUT2D eigenvalue weighted by Gasteiger charge is -2.34. The molecule has 5 heteroatoms. The number of nitrogens with one attached hydrogen (secondary N) is 2. The number of carbonyl (C=O) groups is 1. The van der Waals surface area contributed by atoms with Gasteiger partial charge in [-0.15, -0.1) is 0 Å². The highest BCUT2D eigenvalue weighted by atomic mass is 79.9. The van der Waals surface area contributed by atoms with E-state index in [2.05, 4.69) is 64.3 Å². The standard InChI is InChI=1S/C21H20BrN3O/c1-12(2)25-18-8-7-13(22)11-16(18)21(20(25)26)19-15(9-10-23-21)14-5-3-4-6-17(14)24-19/h3-8,11-12,23-24H,9-10H2,1-2H3. The van der Waals surface area contributed by atoms with E-state index >= 15 is 0 Å². The van der Waals surface area contributed by atoms with Crippen LogP contribution in [0.3, 0.4) is 0 Å². The first-order valence-electron chi connectivity index (χ1n) is 9.03. The first-order valence-corrected chi connectivity index (χ1v) is 9.82. The predicted molar refractivity (Wildman–Crippen MR) is 108 cm³/mol. The van der Waals surface area contributed by atoms with E-state index in [0.717, 1.165) is 39.9 Å². The third-order valence-electron chi connectivity index (χ3n) is 5.63. The predicted octanol–water partition coefficient (Wildman–Crippen LogP) is 4.07. The van der Waals surface area contributed by atoms with Gasteiger partial charge in [-0.25, -0.2) is 0 Å². The number of halogens is 1. The average molecular weight is 410 g/mol. The van der Waals surface area contributed by atoms with Gasteiger partial charge < -0.3 is 9.88 Å². The Morgan fingerprint density at radius 2 is 2.00 bits per heavy atom. The molecule has 0 saturated carbocycles. The number of rotatable bonds is 1. The molecule has 2 aliphatic rings. The van der Waals surface area contributed by atoms with Gasteiger partial charge in [0.2, 0.25) is 0 Å². The monoisotopic (exact) mass is 409 g/mol. The fourth-order valence-electron chi connectivity index (χ4n) is 4.59. The normalized spacial score (nSPS) is 21.7. The van der Waals surface area contributed by atoms with E-state index in [4.69, 9.17) is 0 Å². The molecule has 2 aliphatic heterocycles. The number of H-pyrrole nitrogens is 1. The Hall–Kier alpha value is -2.11. The third kappa shape index (κ3) is 1.90. The summed E-state index contributed by atoms with van der Waals surface area (Å²) in [5.74, 6) is 0.105. The van der Waals surface area contributed by atoms with Crippen LogP contribution in [0.1, 0.15) is 30.7 Å². The van der Waals surface area contributed by atoms with Crippen molar-refractivity contribution >= 4 is 38.4 Å². The summed E-state index contributed by atoms with van der Waals surface area (Å²) >= 11 is 3.60. The fourth-order valence-corrected chi connectivity index (χ4v) is 4.95. The number of fused-ring (bicyclic) bond motifs is 6. The maximum Gasteiger partial charge on any atom is 0.258 e. The van der Waals surface area contributed by atoms with Crippen LogP contribution in [0.25, 0.3) is 10.9 Å². The molecule has 3 heterocycles. The van der Waals surface area contributed by atoms with Gasteiger partial charge in [0.05, 0.1) is 11.4 Å². The van der Waals surface area contributed by atoms with Crippen molar-refractivity contribution in [2.75, 3.05) is 11.4 Å². The van der Waals surface area contributed by atoms with Crippen molar-refractivity contribution in [1.29, 1.82) is 0 Å². The molecule has 3 aromatic rings. The Morgan fingerprint density at radius 3 is 2.81 bits per heavy atom. The minimum atomic E-state index is -0.837. The number of benzene rings is 2. The summed E-state index contributed by atoms with van der Waals surface area (Å²) in [6.45, 7) is 4.91. The number of para-hydroxylation sites is 1. The molecule has 1 spiro atoms. The van der Waals surface area contributed by atoms with Crippen LogP contribution in [-0.4, -0.2) is 23.5 Å². The van der Waals surface area contributed by atoms with Crippen molar-refractivity contribution in [2.45, 2.75) is 31.8 Å². The molecule has 0 bridgehead atoms. The number of hydrogen-bond donors (Lipinski definition) is 2. The zero-order chi connectivity index (χ0) is 18.1. The highest BCUT2D eigenvalue weighted by Gasteiger charge is 2.55. The van der Waals surface area contributed by atoms with Crippen molar-refractivity contribution in [2.24, 2.45) is 0 Å². The third-order valence-corrected chi connectivity index (χ3v) is 6.13. The fraction of sp³-hybridized carbons (Fsp3) is 0.286. The zero-order valence-electron chi connectivity index (χ0n) is 14.8. The molecule has 1 aromatic heterocycles. The van der Waals surface area contributed by atoms with Crippen LogP contribution in [0, 0.1) is 0 Å². The summed E-state index contributed by atoms with van der Waals surface area (Å²) < 4.78 is 0.985. The summed E-state index contributed by atoms with van der Waals surface area (Å²) in [7, 11) is 0. The number of carbonyl (C=O) groups excluding carboxylic acids is 1. The maximum absolute atomic E-state index is 13.8. The topological polar surface area (TPSA) is 48.1 Å². The van der Waals surface area contributed by atoms with E-state index < -0.39 is 5.54 Å². The van der Waals surface area contributed by atoms with E-state index in [-0.39, 0.29) is 11.9 Å². The molecule has 0 aliphatic carbocycles. The molecule has 1 unspecified atom stereocenters. The number of hydrogen-bond acceptors (Lipinski definition) is 2. The van der Waals surface area contributed by atoms with E-state index in [9.17, 15) is 4.79 Å². The lowest BCUT2D eigenvalue weighted by molar-refractivity contribution is -0.123. The van der Waals surface area contributed by atoms with Crippen molar-refractivity contribution < 1.29 is 4.79 Å². The molecule has 4 nitrogen and oxygen atoms in total. The Morgan fingerprint density at radius 1 is 1.19 bits per heavy atom. The van der Waals surface area contributed by atoms with Gasteiger partial charge in [-0.05, 0) is 50.1 Å². The minimum absolute atomic E-state index is 0.0957. The Labute approximate surface area is 160 Å². The second-order valence-electron chi connectivity index (χ2n) is 7.38. The van der Waals surface area contributed by atoms with E-state index in [1.54, 1.807) is 0 Å². The largest absolute Gasteiger partial charge is 0.356 e. The number of amides is 1. The van der Waals surface area contributed by atoms with Gasteiger partial charge in [0, 0.05) is 33.5 Å². The van der Waals surface area contributed by atoms with Crippen LogP contribution < -0.4 is 10.2 Å². The first-order chi connectivity index (χ1) is 12.5. The highest BCUT2D eigenvalue weighted by molar-refractivity contribution is 9.10. The van der Waals surface area contributed by atoms with Gasteiger partial charge >= 0.3 is 0 Å². The summed E-state index contributed by atoms with van der Waals surface area (Å²) in [6.07, 6.45) is 0.916. The highest BCUT2D eigenvalue weighted by Crippen LogP contribution is 2.49. The van der Waals surface area contributed by atoms with Crippen LogP contribution in [0.5, 0.6) is 0 Å². The zero-order valence-corrected chi connectivity index (χ0v) is 16.4. The van der Waals surface area contributed by atoms with Gasteiger partial charge in [-0.1, -0.05) is 34.1 Å². The molecule has 132 valence electrons. The van der Waals surface area contributed by atoms with Crippen LogP contribution in [0.4, 0.5) is 5.69 Å². The first kappa shape index (κ1) is 16.1. The summed E-state index contributed by atoms with van der Waals surface area (Å²) in [4.78, 5) is 19.3. The molecule has 0 fully saturated rings. The lowest BCUT2D eigenvalue weighted by atomic mass is 9.82. The summed E-state index contributed by atoms with van der Waals surface area (Å²) in [5.41, 5.74) is 4.52. The van der Waals surface area contributed by atoms with E-state index in [0.29, 0.717) is 0 Å². The summed E-state index contributed by atoms with van der Waals surface area (Å²) in [6, 6.07) is 14.6. The van der Waals surface area contributed by atoms with Gasteiger partial charge in [0.25, 0.3) is 5.91 Å². The molecule has 2 aromatic carbocycles. The second-order valence-corrected chi connectivity index (χ2v) is 8.30. The number of aromatic amines is 1. The van der Waals surface area contributed by atoms with Crippen LogP contribution in [0.15, 0.2) is 46.9 Å². The van der Waals surface area contributed by atoms with Crippen molar-refractivity contribution in [3.05, 3.63) is 63.8 Å². The van der Waals surface area contributed by atoms with Crippen molar-refractivity contribution in [1.82, 2.24) is 10.3 Å². The van der Waals surface area contributed by atoms with E-state index in [1.165, 1.54) is 10.9 Å². The van der Waals surface area contributed by atoms with Crippen LogP contribution in [0.2, 0.25) is 0 Å². The molecule has 5 rings (SSSR count). The van der Waals surface area contributed by atoms with Crippen molar-refractivity contribution in [3.63, 3.8) is 0 Å². The molecular formula is C21H20BrN3O. The lowest BCUT2D eigenvalue weighted by Crippen LogP contribution is -2.56. The Kier molecular flexibility index (Phi) is 3.37. The molecule has 2 N–H and O–H groups in total. The molecular weight excluding hydrogens is 390 g/mol. The smallest absolute Gasteiger partial charge is 0.258 e. The molecule has 1 atom stereocenters. The SMILES string of the molecule is CC(C)N1C(=O)C2(NCCc3c2[nH]c2ccccc32)c2cc(Br)ccc21. The second kappa shape index (κ2) is 5.44. The number of nitrogens with zero attached hydrogens (tertiary/aromatic N) is 1. The maximum atomic E-state index is 13.8. The molecule has 0 saturated heterocycles. The Balaban J connectivity index is 1.86. The van der Waals surface area contributed by atoms with Crippen molar-refractivity contribution in [3.8, 4) is 0 Å². The average Bonchev–Trinajstić information content (AvgIpc) is 3.11. The molecule has 26 heavy (non-hydrogen) atoms. The number of aromatic nitrogens is 1. The van der Waals surface area contributed by atoms with E-state index in [1.807, 2.05) is 23.1 Å². The van der Waals surface area contributed by atoms with Crippen LogP contribution >= 0.6 is 15.9 Å². The van der Waals surface area contributed by atoms with Gasteiger partial charge in [0.1, 0.15) is 0 Å². The minimum Gasteiger partial charge on any atom is -0.356 e.